The Bertz CT molecular complexity index is 670. The Morgan fingerprint density at radius 3 is 2.39 bits per heavy atom. The summed E-state index contributed by atoms with van der Waals surface area (Å²) in [5, 5.41) is 6.30. The van der Waals surface area contributed by atoms with Crippen LogP contribution < -0.4 is 10.6 Å². The lowest BCUT2D eigenvalue weighted by molar-refractivity contribution is -0.123. The maximum Gasteiger partial charge on any atom is 0.241 e. The molecule has 120 valence electrons. The molecule has 3 nitrogen and oxygen atoms in total. The van der Waals surface area contributed by atoms with Gasteiger partial charge in [0.15, 0.2) is 0 Å². The van der Waals surface area contributed by atoms with E-state index in [4.69, 9.17) is 0 Å². The Hall–Kier alpha value is -2.20. The zero-order valence-electron chi connectivity index (χ0n) is 13.1. The van der Waals surface area contributed by atoms with Crippen LogP contribution in [0.25, 0.3) is 0 Å². The molecule has 0 saturated heterocycles. The van der Waals surface area contributed by atoms with Crippen molar-refractivity contribution in [3.63, 3.8) is 0 Å². The molecule has 2 atom stereocenters. The molecule has 1 aliphatic rings. The highest BCUT2D eigenvalue weighted by atomic mass is 19.1. The van der Waals surface area contributed by atoms with Crippen molar-refractivity contribution in [1.29, 1.82) is 0 Å². The molecule has 4 heteroatoms. The van der Waals surface area contributed by atoms with E-state index in [1.165, 1.54) is 6.07 Å². The van der Waals surface area contributed by atoms with Crippen LogP contribution in [0.5, 0.6) is 0 Å². The summed E-state index contributed by atoms with van der Waals surface area (Å²) in [7, 11) is 0. The molecule has 0 heterocycles. The molecule has 0 aliphatic heterocycles. The maximum atomic E-state index is 14.0. The first kappa shape index (κ1) is 15.7. The standard InChI is InChI=1S/C19H21FN2O/c1-13(16-9-5-6-10-17(16)20)21-18(14-7-3-2-4-8-14)19(23)22-15-11-12-15/h2-10,13,15,18,21H,11-12H2,1H3,(H,22,23). The smallest absolute Gasteiger partial charge is 0.241 e. The molecule has 1 fully saturated rings. The van der Waals surface area contributed by atoms with E-state index in [9.17, 15) is 9.18 Å². The van der Waals surface area contributed by atoms with Gasteiger partial charge in [-0.05, 0) is 31.4 Å². The van der Waals surface area contributed by atoms with Gasteiger partial charge >= 0.3 is 0 Å². The molecule has 2 unspecified atom stereocenters. The van der Waals surface area contributed by atoms with Gasteiger partial charge in [-0.25, -0.2) is 4.39 Å². The number of hydrogen-bond acceptors (Lipinski definition) is 2. The molecule has 23 heavy (non-hydrogen) atoms. The molecule has 2 N–H and O–H groups in total. The predicted molar refractivity (Wildman–Crippen MR) is 88.3 cm³/mol. The third-order valence-electron chi connectivity index (χ3n) is 4.11. The van der Waals surface area contributed by atoms with Gasteiger partial charge in [0.25, 0.3) is 0 Å². The lowest BCUT2D eigenvalue weighted by Crippen LogP contribution is -2.39. The third kappa shape index (κ3) is 3.96. The molecule has 0 spiro atoms. The molecule has 1 aliphatic carbocycles. The third-order valence-corrected chi connectivity index (χ3v) is 4.11. The molecule has 3 rings (SSSR count). The van der Waals surface area contributed by atoms with E-state index in [0.29, 0.717) is 11.6 Å². The lowest BCUT2D eigenvalue weighted by Gasteiger charge is -2.24. The SMILES string of the molecule is CC(NC(C(=O)NC1CC1)c1ccccc1)c1ccccc1F. The average Bonchev–Trinajstić information content (AvgIpc) is 3.37. The first-order chi connectivity index (χ1) is 11.1. The normalized spacial score (nSPS) is 16.6. The summed E-state index contributed by atoms with van der Waals surface area (Å²) in [5.41, 5.74) is 1.45. The summed E-state index contributed by atoms with van der Waals surface area (Å²) in [4.78, 5) is 12.6. The van der Waals surface area contributed by atoms with Gasteiger partial charge in [0.05, 0.1) is 0 Å². The molecule has 2 aromatic carbocycles. The highest BCUT2D eigenvalue weighted by Crippen LogP contribution is 2.24. The largest absolute Gasteiger partial charge is 0.352 e. The van der Waals surface area contributed by atoms with E-state index in [0.717, 1.165) is 18.4 Å². The van der Waals surface area contributed by atoms with Gasteiger partial charge in [0.2, 0.25) is 5.91 Å². The molecule has 0 bridgehead atoms. The first-order valence-corrected chi connectivity index (χ1v) is 8.01. The van der Waals surface area contributed by atoms with Gasteiger partial charge in [-0.1, -0.05) is 48.5 Å². The Kier molecular flexibility index (Phi) is 4.72. The van der Waals surface area contributed by atoms with Crippen molar-refractivity contribution in [2.24, 2.45) is 0 Å². The van der Waals surface area contributed by atoms with Gasteiger partial charge in [-0.2, -0.15) is 0 Å². The van der Waals surface area contributed by atoms with Crippen LogP contribution in [-0.4, -0.2) is 11.9 Å². The fraction of sp³-hybridized carbons (Fsp3) is 0.316. The zero-order chi connectivity index (χ0) is 16.2. The highest BCUT2D eigenvalue weighted by Gasteiger charge is 2.29. The van der Waals surface area contributed by atoms with Crippen molar-refractivity contribution in [3.8, 4) is 0 Å². The van der Waals surface area contributed by atoms with Crippen molar-refractivity contribution < 1.29 is 9.18 Å². The summed E-state index contributed by atoms with van der Waals surface area (Å²) in [6, 6.07) is 15.7. The van der Waals surface area contributed by atoms with E-state index in [1.807, 2.05) is 37.3 Å². The van der Waals surface area contributed by atoms with Crippen molar-refractivity contribution >= 4 is 5.91 Å². The van der Waals surface area contributed by atoms with Crippen molar-refractivity contribution in [3.05, 3.63) is 71.5 Å². The Morgan fingerprint density at radius 1 is 1.09 bits per heavy atom. The van der Waals surface area contributed by atoms with Gasteiger partial charge < -0.3 is 5.32 Å². The quantitative estimate of drug-likeness (QED) is 0.857. The van der Waals surface area contributed by atoms with E-state index in [-0.39, 0.29) is 17.8 Å². The Balaban J connectivity index is 1.80. The van der Waals surface area contributed by atoms with Crippen LogP contribution in [0.4, 0.5) is 4.39 Å². The summed E-state index contributed by atoms with van der Waals surface area (Å²) in [6.45, 7) is 1.87. The Morgan fingerprint density at radius 2 is 1.74 bits per heavy atom. The fourth-order valence-electron chi connectivity index (χ4n) is 2.65. The number of amides is 1. The summed E-state index contributed by atoms with van der Waals surface area (Å²) < 4.78 is 14.0. The van der Waals surface area contributed by atoms with Crippen LogP contribution in [0.3, 0.4) is 0 Å². The van der Waals surface area contributed by atoms with Crippen molar-refractivity contribution in [1.82, 2.24) is 10.6 Å². The molecular weight excluding hydrogens is 291 g/mol. The lowest BCUT2D eigenvalue weighted by atomic mass is 10.0. The van der Waals surface area contributed by atoms with Crippen molar-refractivity contribution in [2.45, 2.75) is 37.9 Å². The summed E-state index contributed by atoms with van der Waals surface area (Å²) in [5.74, 6) is -0.316. The Labute approximate surface area is 135 Å². The van der Waals surface area contributed by atoms with E-state index in [2.05, 4.69) is 10.6 Å². The minimum atomic E-state index is -0.494. The van der Waals surface area contributed by atoms with Crippen LogP contribution in [0.15, 0.2) is 54.6 Å². The highest BCUT2D eigenvalue weighted by molar-refractivity contribution is 5.83. The number of carbonyl (C=O) groups excluding carboxylic acids is 1. The second-order valence-corrected chi connectivity index (χ2v) is 6.04. The number of halogens is 1. The van der Waals surface area contributed by atoms with E-state index >= 15 is 0 Å². The van der Waals surface area contributed by atoms with E-state index in [1.54, 1.807) is 18.2 Å². The second kappa shape index (κ2) is 6.92. The van der Waals surface area contributed by atoms with Gasteiger partial charge in [-0.3, -0.25) is 10.1 Å². The number of benzene rings is 2. The summed E-state index contributed by atoms with van der Waals surface area (Å²) >= 11 is 0. The fourth-order valence-corrected chi connectivity index (χ4v) is 2.65. The molecule has 0 aromatic heterocycles. The predicted octanol–water partition coefficient (Wildman–Crippen LogP) is 3.50. The minimum Gasteiger partial charge on any atom is -0.352 e. The zero-order valence-corrected chi connectivity index (χ0v) is 13.1. The molecule has 2 aromatic rings. The molecule has 1 amide bonds. The average molecular weight is 312 g/mol. The van der Waals surface area contributed by atoms with E-state index < -0.39 is 6.04 Å². The van der Waals surface area contributed by atoms with Crippen LogP contribution in [0, 0.1) is 5.82 Å². The monoisotopic (exact) mass is 312 g/mol. The van der Waals surface area contributed by atoms with Crippen LogP contribution >= 0.6 is 0 Å². The second-order valence-electron chi connectivity index (χ2n) is 6.04. The number of rotatable bonds is 6. The number of hydrogen-bond donors (Lipinski definition) is 2. The first-order valence-electron chi connectivity index (χ1n) is 8.01. The molecule has 0 radical (unpaired) electrons. The van der Waals surface area contributed by atoms with Crippen LogP contribution in [0.1, 0.15) is 43.0 Å². The van der Waals surface area contributed by atoms with Crippen LogP contribution in [0.2, 0.25) is 0 Å². The van der Waals surface area contributed by atoms with Gasteiger partial charge in [-0.15, -0.1) is 0 Å². The number of nitrogens with one attached hydrogen (secondary N) is 2. The topological polar surface area (TPSA) is 41.1 Å². The minimum absolute atomic E-state index is 0.0538. The van der Waals surface area contributed by atoms with Gasteiger partial charge in [0.1, 0.15) is 11.9 Å². The van der Waals surface area contributed by atoms with Crippen molar-refractivity contribution in [2.75, 3.05) is 0 Å². The molecular formula is C19H21FN2O. The van der Waals surface area contributed by atoms with Gasteiger partial charge in [0, 0.05) is 17.6 Å². The van der Waals surface area contributed by atoms with Crippen LogP contribution in [-0.2, 0) is 4.79 Å². The number of carbonyl (C=O) groups is 1. The summed E-state index contributed by atoms with van der Waals surface area (Å²) in [6.07, 6.45) is 2.08. The molecule has 1 saturated carbocycles. The maximum absolute atomic E-state index is 14.0.